The van der Waals surface area contributed by atoms with Crippen molar-refractivity contribution in [3.63, 3.8) is 0 Å². The van der Waals surface area contributed by atoms with E-state index in [4.69, 9.17) is 4.52 Å². The van der Waals surface area contributed by atoms with Crippen LogP contribution in [-0.2, 0) is 6.54 Å². The van der Waals surface area contributed by atoms with Gasteiger partial charge in [0.05, 0.1) is 15.0 Å². The van der Waals surface area contributed by atoms with E-state index in [2.05, 4.69) is 10.5 Å². The van der Waals surface area contributed by atoms with Crippen LogP contribution >= 0.6 is 22.6 Å². The highest BCUT2D eigenvalue weighted by Crippen LogP contribution is 2.28. The van der Waals surface area contributed by atoms with Gasteiger partial charge in [-0.05, 0) is 29.5 Å². The number of hydrogen-bond acceptors (Lipinski definition) is 5. The lowest BCUT2D eigenvalue weighted by molar-refractivity contribution is -0.384. The summed E-state index contributed by atoms with van der Waals surface area (Å²) in [5.74, 6) is 0.130. The van der Waals surface area contributed by atoms with Crippen LogP contribution in [-0.4, -0.2) is 10.1 Å². The second-order valence-electron chi connectivity index (χ2n) is 3.82. The fourth-order valence-corrected chi connectivity index (χ4v) is 1.97. The molecule has 2 aromatic rings. The van der Waals surface area contributed by atoms with Gasteiger partial charge >= 0.3 is 0 Å². The second kappa shape index (κ2) is 5.51. The fourth-order valence-electron chi connectivity index (χ4n) is 1.52. The van der Waals surface area contributed by atoms with E-state index in [1.165, 1.54) is 6.07 Å². The summed E-state index contributed by atoms with van der Waals surface area (Å²) in [6, 6.07) is 3.99. The second-order valence-corrected chi connectivity index (χ2v) is 4.99. The van der Waals surface area contributed by atoms with Crippen LogP contribution in [0.25, 0.3) is 0 Å². The van der Waals surface area contributed by atoms with Gasteiger partial charge in [-0.1, -0.05) is 5.16 Å². The topological polar surface area (TPSA) is 81.2 Å². The Labute approximate surface area is 121 Å². The molecule has 2 rings (SSSR count). The Balaban J connectivity index is 2.23. The molecule has 0 aliphatic carbocycles. The molecule has 1 heterocycles. The molecule has 1 N–H and O–H groups in total. The SMILES string of the molecule is Cc1cc(CNc2cc(F)c(I)cc2[N+](=O)[O-])no1. The van der Waals surface area contributed by atoms with Gasteiger partial charge in [-0.15, -0.1) is 0 Å². The molecule has 1 aromatic carbocycles. The number of rotatable bonds is 4. The average molecular weight is 377 g/mol. The Hall–Kier alpha value is -1.71. The van der Waals surface area contributed by atoms with Crippen LogP contribution in [0.3, 0.4) is 0 Å². The van der Waals surface area contributed by atoms with Gasteiger partial charge in [-0.25, -0.2) is 4.39 Å². The third kappa shape index (κ3) is 3.19. The van der Waals surface area contributed by atoms with Gasteiger partial charge in [-0.2, -0.15) is 0 Å². The van der Waals surface area contributed by atoms with Crippen LogP contribution in [0.4, 0.5) is 15.8 Å². The Bertz CT molecular complexity index is 630. The first-order valence-corrected chi connectivity index (χ1v) is 6.34. The van der Waals surface area contributed by atoms with Gasteiger partial charge < -0.3 is 9.84 Å². The number of aromatic nitrogens is 1. The van der Waals surface area contributed by atoms with E-state index < -0.39 is 10.7 Å². The quantitative estimate of drug-likeness (QED) is 0.503. The van der Waals surface area contributed by atoms with Crippen molar-refractivity contribution in [3.8, 4) is 0 Å². The molecule has 6 nitrogen and oxygen atoms in total. The number of anilines is 1. The van der Waals surface area contributed by atoms with E-state index in [1.807, 2.05) is 0 Å². The van der Waals surface area contributed by atoms with Crippen molar-refractivity contribution >= 4 is 34.0 Å². The zero-order chi connectivity index (χ0) is 14.0. The molecule has 0 spiro atoms. The summed E-state index contributed by atoms with van der Waals surface area (Å²) in [7, 11) is 0. The van der Waals surface area contributed by atoms with Crippen molar-refractivity contribution < 1.29 is 13.8 Å². The predicted octanol–water partition coefficient (Wildman–Crippen LogP) is 3.25. The highest BCUT2D eigenvalue weighted by Gasteiger charge is 2.17. The van der Waals surface area contributed by atoms with Crippen LogP contribution in [0, 0.1) is 26.4 Å². The summed E-state index contributed by atoms with van der Waals surface area (Å²) in [4.78, 5) is 10.3. The van der Waals surface area contributed by atoms with E-state index in [0.29, 0.717) is 11.5 Å². The first kappa shape index (κ1) is 13.7. The first-order valence-electron chi connectivity index (χ1n) is 5.27. The lowest BCUT2D eigenvalue weighted by atomic mass is 10.2. The summed E-state index contributed by atoms with van der Waals surface area (Å²) in [6.45, 7) is 1.96. The van der Waals surface area contributed by atoms with E-state index >= 15 is 0 Å². The minimum absolute atomic E-state index is 0.114. The van der Waals surface area contributed by atoms with Crippen LogP contribution in [0.2, 0.25) is 0 Å². The number of hydrogen-bond donors (Lipinski definition) is 1. The third-order valence-corrected chi connectivity index (χ3v) is 3.20. The molecule has 19 heavy (non-hydrogen) atoms. The van der Waals surface area contributed by atoms with Crippen LogP contribution < -0.4 is 5.32 Å². The van der Waals surface area contributed by atoms with Gasteiger partial charge in [0.1, 0.15) is 23.0 Å². The molecule has 0 bridgehead atoms. The Morgan fingerprint density at radius 2 is 2.26 bits per heavy atom. The standard InChI is InChI=1S/C11H9FIN3O3/c1-6-2-7(15-19-6)5-14-10-3-8(12)9(13)4-11(10)16(17)18/h2-4,14H,5H2,1H3. The normalized spacial score (nSPS) is 10.5. The van der Waals surface area contributed by atoms with Crippen LogP contribution in [0.15, 0.2) is 22.7 Å². The molecule has 100 valence electrons. The monoisotopic (exact) mass is 377 g/mol. The number of aryl methyl sites for hydroxylation is 1. The van der Waals surface area contributed by atoms with Crippen molar-refractivity contribution in [1.82, 2.24) is 5.16 Å². The number of halogens is 2. The van der Waals surface area contributed by atoms with Gasteiger partial charge in [0.2, 0.25) is 0 Å². The first-order chi connectivity index (χ1) is 8.97. The van der Waals surface area contributed by atoms with Crippen molar-refractivity contribution in [3.05, 3.63) is 49.2 Å². The Morgan fingerprint density at radius 1 is 1.53 bits per heavy atom. The van der Waals surface area contributed by atoms with E-state index in [9.17, 15) is 14.5 Å². The zero-order valence-corrected chi connectivity index (χ0v) is 12.0. The number of nitro groups is 1. The molecule has 0 aliphatic rings. The molecule has 8 heteroatoms. The Kier molecular flexibility index (Phi) is 3.98. The van der Waals surface area contributed by atoms with Crippen molar-refractivity contribution in [2.75, 3.05) is 5.32 Å². The molecular formula is C11H9FIN3O3. The van der Waals surface area contributed by atoms with Crippen molar-refractivity contribution in [1.29, 1.82) is 0 Å². The van der Waals surface area contributed by atoms with E-state index in [-0.39, 0.29) is 21.5 Å². The number of benzene rings is 1. The summed E-state index contributed by atoms with van der Waals surface area (Å²) >= 11 is 1.71. The highest BCUT2D eigenvalue weighted by molar-refractivity contribution is 14.1. The minimum atomic E-state index is -0.558. The molecule has 1 aromatic heterocycles. The molecule has 0 fully saturated rings. The molecule has 0 radical (unpaired) electrons. The predicted molar refractivity (Wildman–Crippen MR) is 74.3 cm³/mol. The van der Waals surface area contributed by atoms with E-state index in [1.54, 1.807) is 35.6 Å². The van der Waals surface area contributed by atoms with Crippen molar-refractivity contribution in [2.45, 2.75) is 13.5 Å². The summed E-state index contributed by atoms with van der Waals surface area (Å²) in [6.07, 6.45) is 0. The van der Waals surface area contributed by atoms with Gasteiger partial charge in [0.15, 0.2) is 0 Å². The molecule has 0 atom stereocenters. The molecule has 0 aliphatic heterocycles. The van der Waals surface area contributed by atoms with Gasteiger partial charge in [-0.3, -0.25) is 10.1 Å². The Morgan fingerprint density at radius 3 is 2.84 bits per heavy atom. The van der Waals surface area contributed by atoms with E-state index in [0.717, 1.165) is 6.07 Å². The summed E-state index contributed by atoms with van der Waals surface area (Å²) < 4.78 is 18.5. The van der Waals surface area contributed by atoms with Crippen LogP contribution in [0.1, 0.15) is 11.5 Å². The zero-order valence-electron chi connectivity index (χ0n) is 9.81. The number of nitrogens with one attached hydrogen (secondary N) is 1. The molecule has 0 amide bonds. The number of nitrogens with zero attached hydrogens (tertiary/aromatic N) is 2. The summed E-state index contributed by atoms with van der Waals surface area (Å²) in [5, 5.41) is 17.4. The molecular weight excluding hydrogens is 368 g/mol. The smallest absolute Gasteiger partial charge is 0.293 e. The van der Waals surface area contributed by atoms with Gasteiger partial charge in [0.25, 0.3) is 5.69 Å². The minimum Gasteiger partial charge on any atom is -0.374 e. The molecule has 0 unspecified atom stereocenters. The summed E-state index contributed by atoms with van der Waals surface area (Å²) in [5.41, 5.74) is 0.528. The maximum atomic E-state index is 13.4. The molecule has 0 saturated carbocycles. The van der Waals surface area contributed by atoms with Crippen LogP contribution in [0.5, 0.6) is 0 Å². The third-order valence-electron chi connectivity index (χ3n) is 2.37. The lowest BCUT2D eigenvalue weighted by Crippen LogP contribution is -2.04. The highest BCUT2D eigenvalue weighted by atomic mass is 127. The number of nitro benzene ring substituents is 1. The van der Waals surface area contributed by atoms with Crippen molar-refractivity contribution in [2.24, 2.45) is 0 Å². The maximum Gasteiger partial charge on any atom is 0.293 e. The largest absolute Gasteiger partial charge is 0.374 e. The average Bonchev–Trinajstić information content (AvgIpc) is 2.76. The molecule has 0 saturated heterocycles. The lowest BCUT2D eigenvalue weighted by Gasteiger charge is -2.06. The maximum absolute atomic E-state index is 13.4. The fraction of sp³-hybridized carbons (Fsp3) is 0.182. The van der Waals surface area contributed by atoms with Gasteiger partial charge in [0, 0.05) is 18.2 Å².